The van der Waals surface area contributed by atoms with E-state index in [1.807, 2.05) is 11.4 Å². The number of aryl methyl sites for hydroxylation is 2. The van der Waals surface area contributed by atoms with E-state index in [1.165, 1.54) is 11.1 Å². The normalized spacial score (nSPS) is 30.1. The van der Waals surface area contributed by atoms with Crippen LogP contribution in [0.15, 0.2) is 23.6 Å². The van der Waals surface area contributed by atoms with E-state index < -0.39 is 0 Å². The van der Waals surface area contributed by atoms with E-state index in [1.54, 1.807) is 11.3 Å². The second-order valence-corrected chi connectivity index (χ2v) is 9.07. The van der Waals surface area contributed by atoms with Gasteiger partial charge in [0, 0.05) is 11.3 Å². The number of ether oxygens (including phenoxy) is 2. The highest BCUT2D eigenvalue weighted by molar-refractivity contribution is 7.09. The monoisotopic (exact) mass is 403 g/mol. The number of aromatic nitrogens is 1. The molecule has 6 heteroatoms. The van der Waals surface area contributed by atoms with Crippen LogP contribution in [0.2, 0.25) is 0 Å². The second-order valence-electron chi connectivity index (χ2n) is 8.18. The topological polar surface area (TPSA) is 71.8 Å². The van der Waals surface area contributed by atoms with Crippen molar-refractivity contribution in [2.24, 2.45) is 17.8 Å². The Morgan fingerprint density at radius 3 is 2.86 bits per heavy atom. The molecule has 0 unspecified atom stereocenters. The van der Waals surface area contributed by atoms with Gasteiger partial charge in [0.1, 0.15) is 16.9 Å². The molecular weight excluding hydrogens is 374 g/mol. The van der Waals surface area contributed by atoms with Gasteiger partial charge in [0.15, 0.2) is 0 Å². The summed E-state index contributed by atoms with van der Waals surface area (Å²) in [6, 6.07) is 6.16. The van der Waals surface area contributed by atoms with Crippen LogP contribution in [0.4, 0.5) is 0 Å². The minimum atomic E-state index is -0.331. The summed E-state index contributed by atoms with van der Waals surface area (Å²) in [6.07, 6.45) is 2.34. The van der Waals surface area contributed by atoms with Gasteiger partial charge in [0.05, 0.1) is 31.6 Å². The minimum absolute atomic E-state index is 0.00522. The number of fused-ring (bicyclic) bond motifs is 1. The molecule has 2 aliphatic rings. The number of aliphatic hydroxyl groups is 2. The third-order valence-electron chi connectivity index (χ3n) is 6.40. The van der Waals surface area contributed by atoms with E-state index in [2.05, 4.69) is 31.0 Å². The standard InChI is InChI=1S/C22H29NO4S/c1-13-3-4-17(7-14(13)2)26-11-19-18-5-6-21(22-23-16(9-24)12-28-22)27-10-15(18)8-20(19)25/h3-4,7,12,15,18-21,24-25H,5-6,8-11H2,1-2H3/t15-,18+,19-,20-,21-/m1/s1. The molecule has 1 saturated heterocycles. The second kappa shape index (κ2) is 8.49. The van der Waals surface area contributed by atoms with Gasteiger partial charge in [-0.05, 0) is 68.2 Å². The molecule has 5 nitrogen and oxygen atoms in total. The van der Waals surface area contributed by atoms with Gasteiger partial charge >= 0.3 is 0 Å². The largest absolute Gasteiger partial charge is 0.493 e. The van der Waals surface area contributed by atoms with Crippen molar-refractivity contribution in [2.45, 2.75) is 51.9 Å². The lowest BCUT2D eigenvalue weighted by atomic mass is 9.86. The maximum atomic E-state index is 10.6. The summed E-state index contributed by atoms with van der Waals surface area (Å²) in [5, 5.41) is 22.7. The number of aliphatic hydroxyl groups excluding tert-OH is 2. The van der Waals surface area contributed by atoms with Gasteiger partial charge in [0.2, 0.25) is 0 Å². The van der Waals surface area contributed by atoms with Crippen LogP contribution in [0.1, 0.15) is 47.2 Å². The molecule has 2 heterocycles. The average molecular weight is 404 g/mol. The quantitative estimate of drug-likeness (QED) is 0.795. The summed E-state index contributed by atoms with van der Waals surface area (Å²) in [7, 11) is 0. The van der Waals surface area contributed by atoms with E-state index in [-0.39, 0.29) is 24.7 Å². The Balaban J connectivity index is 1.40. The highest BCUT2D eigenvalue weighted by atomic mass is 32.1. The fraction of sp³-hybridized carbons (Fsp3) is 0.591. The molecule has 0 amide bonds. The summed E-state index contributed by atoms with van der Waals surface area (Å²) in [5.41, 5.74) is 3.19. The van der Waals surface area contributed by atoms with Crippen LogP contribution in [0.5, 0.6) is 5.75 Å². The molecule has 0 radical (unpaired) electrons. The van der Waals surface area contributed by atoms with Gasteiger partial charge in [-0.25, -0.2) is 4.98 Å². The smallest absolute Gasteiger partial charge is 0.122 e. The molecule has 5 atom stereocenters. The van der Waals surface area contributed by atoms with Crippen molar-refractivity contribution < 1.29 is 19.7 Å². The molecule has 2 N–H and O–H groups in total. The fourth-order valence-corrected chi connectivity index (χ4v) is 5.46. The van der Waals surface area contributed by atoms with Crippen LogP contribution in [0, 0.1) is 31.6 Å². The zero-order chi connectivity index (χ0) is 19.7. The molecule has 1 aromatic heterocycles. The molecule has 2 aromatic rings. The summed E-state index contributed by atoms with van der Waals surface area (Å²) < 4.78 is 12.2. The van der Waals surface area contributed by atoms with Gasteiger partial charge in [0.25, 0.3) is 0 Å². The molecule has 152 valence electrons. The predicted molar refractivity (Wildman–Crippen MR) is 108 cm³/mol. The first-order valence-corrected chi connectivity index (χ1v) is 11.0. The van der Waals surface area contributed by atoms with Crippen molar-refractivity contribution in [3.63, 3.8) is 0 Å². The Morgan fingerprint density at radius 1 is 1.25 bits per heavy atom. The third-order valence-corrected chi connectivity index (χ3v) is 7.38. The number of thiazole rings is 1. The molecule has 1 saturated carbocycles. The number of rotatable bonds is 5. The van der Waals surface area contributed by atoms with Crippen LogP contribution < -0.4 is 4.74 Å². The number of benzene rings is 1. The van der Waals surface area contributed by atoms with Gasteiger partial charge in [-0.3, -0.25) is 0 Å². The molecular formula is C22H29NO4S. The highest BCUT2D eigenvalue weighted by Crippen LogP contribution is 2.45. The highest BCUT2D eigenvalue weighted by Gasteiger charge is 2.44. The van der Waals surface area contributed by atoms with Gasteiger partial charge in [-0.15, -0.1) is 11.3 Å². The molecule has 1 aliphatic carbocycles. The van der Waals surface area contributed by atoms with E-state index in [0.717, 1.165) is 30.0 Å². The molecule has 2 fully saturated rings. The number of nitrogens with zero attached hydrogens (tertiary/aromatic N) is 1. The van der Waals surface area contributed by atoms with E-state index in [4.69, 9.17) is 9.47 Å². The molecule has 28 heavy (non-hydrogen) atoms. The first kappa shape index (κ1) is 19.8. The lowest BCUT2D eigenvalue weighted by Crippen LogP contribution is -2.27. The Kier molecular flexibility index (Phi) is 6.01. The van der Waals surface area contributed by atoms with Crippen LogP contribution >= 0.6 is 11.3 Å². The van der Waals surface area contributed by atoms with Crippen molar-refractivity contribution in [2.75, 3.05) is 13.2 Å². The average Bonchev–Trinajstić information content (AvgIpc) is 3.22. The first-order valence-electron chi connectivity index (χ1n) is 10.1. The number of hydrogen-bond donors (Lipinski definition) is 2. The van der Waals surface area contributed by atoms with Crippen LogP contribution in [-0.2, 0) is 11.3 Å². The SMILES string of the molecule is Cc1ccc(OC[C@@H]2[C@H]3CC[C@H](c4nc(CO)cs4)OC[C@H]3C[C@H]2O)cc1C. The Morgan fingerprint density at radius 2 is 2.11 bits per heavy atom. The minimum Gasteiger partial charge on any atom is -0.493 e. The predicted octanol–water partition coefficient (Wildman–Crippen LogP) is 3.80. The van der Waals surface area contributed by atoms with Crippen LogP contribution in [0.25, 0.3) is 0 Å². The number of hydrogen-bond acceptors (Lipinski definition) is 6. The zero-order valence-corrected chi connectivity index (χ0v) is 17.3. The van der Waals surface area contributed by atoms with Gasteiger partial charge < -0.3 is 19.7 Å². The van der Waals surface area contributed by atoms with Crippen molar-refractivity contribution in [3.05, 3.63) is 45.4 Å². The van der Waals surface area contributed by atoms with Crippen LogP contribution in [0.3, 0.4) is 0 Å². The maximum Gasteiger partial charge on any atom is 0.122 e. The lowest BCUT2D eigenvalue weighted by molar-refractivity contribution is 0.0333. The van der Waals surface area contributed by atoms with Crippen molar-refractivity contribution in [1.29, 1.82) is 0 Å². The summed E-state index contributed by atoms with van der Waals surface area (Å²) in [6.45, 7) is 5.35. The van der Waals surface area contributed by atoms with E-state index >= 15 is 0 Å². The first-order chi connectivity index (χ1) is 13.5. The molecule has 0 spiro atoms. The fourth-order valence-electron chi connectivity index (χ4n) is 4.57. The molecule has 1 aliphatic heterocycles. The zero-order valence-electron chi connectivity index (χ0n) is 16.5. The lowest BCUT2D eigenvalue weighted by Gasteiger charge is -2.24. The molecule has 0 bridgehead atoms. The Bertz CT molecular complexity index is 808. The summed E-state index contributed by atoms with van der Waals surface area (Å²) in [5.74, 6) is 1.79. The maximum absolute atomic E-state index is 10.6. The van der Waals surface area contributed by atoms with Crippen molar-refractivity contribution in [3.8, 4) is 5.75 Å². The van der Waals surface area contributed by atoms with Gasteiger partial charge in [-0.1, -0.05) is 6.07 Å². The van der Waals surface area contributed by atoms with Crippen molar-refractivity contribution >= 4 is 11.3 Å². The molecule has 1 aromatic carbocycles. The summed E-state index contributed by atoms with van der Waals surface area (Å²) >= 11 is 1.56. The van der Waals surface area contributed by atoms with Gasteiger partial charge in [-0.2, -0.15) is 0 Å². The molecule has 4 rings (SSSR count). The third kappa shape index (κ3) is 4.10. The van der Waals surface area contributed by atoms with E-state index in [9.17, 15) is 10.2 Å². The van der Waals surface area contributed by atoms with Crippen molar-refractivity contribution in [1.82, 2.24) is 4.98 Å². The Hall–Kier alpha value is -1.47. The Labute approximate surface area is 170 Å². The van der Waals surface area contributed by atoms with E-state index in [0.29, 0.717) is 30.7 Å². The van der Waals surface area contributed by atoms with Crippen LogP contribution in [-0.4, -0.2) is 34.5 Å². The summed E-state index contributed by atoms with van der Waals surface area (Å²) in [4.78, 5) is 4.48.